The van der Waals surface area contributed by atoms with Crippen molar-refractivity contribution in [2.45, 2.75) is 57.5 Å². The number of carboxylic acid groups (broad SMARTS) is 1. The number of imide groups is 1. The van der Waals surface area contributed by atoms with Gasteiger partial charge in [0.05, 0.1) is 0 Å². The number of aliphatic carboxylic acids is 1. The van der Waals surface area contributed by atoms with Crippen molar-refractivity contribution in [2.75, 3.05) is 0 Å². The van der Waals surface area contributed by atoms with Crippen LogP contribution < -0.4 is 5.32 Å². The molecule has 138 valence electrons. The van der Waals surface area contributed by atoms with Gasteiger partial charge in [0.2, 0.25) is 11.8 Å². The van der Waals surface area contributed by atoms with E-state index in [-0.39, 0.29) is 24.7 Å². The summed E-state index contributed by atoms with van der Waals surface area (Å²) in [7, 11) is 0. The molecule has 0 aromatic heterocycles. The van der Waals surface area contributed by atoms with Gasteiger partial charge < -0.3 is 10.0 Å². The first-order valence-electron chi connectivity index (χ1n) is 8.94. The van der Waals surface area contributed by atoms with Crippen molar-refractivity contribution in [3.8, 4) is 0 Å². The molecule has 0 aliphatic carbocycles. The summed E-state index contributed by atoms with van der Waals surface area (Å²) in [5.74, 6) is -1.63. The number of amides is 3. The van der Waals surface area contributed by atoms with Gasteiger partial charge in [0.15, 0.2) is 0 Å². The highest BCUT2D eigenvalue weighted by atomic mass is 16.4. The van der Waals surface area contributed by atoms with Gasteiger partial charge in [0.25, 0.3) is 5.91 Å². The summed E-state index contributed by atoms with van der Waals surface area (Å²) < 4.78 is 0. The Morgan fingerprint density at radius 1 is 1.19 bits per heavy atom. The number of hydrogen-bond donors (Lipinski definition) is 2. The van der Waals surface area contributed by atoms with Gasteiger partial charge in [-0.05, 0) is 42.9 Å². The van der Waals surface area contributed by atoms with E-state index in [2.05, 4.69) is 5.32 Å². The fourth-order valence-corrected chi connectivity index (χ4v) is 3.54. The molecule has 0 radical (unpaired) electrons. The van der Waals surface area contributed by atoms with Gasteiger partial charge in [-0.2, -0.15) is 0 Å². The van der Waals surface area contributed by atoms with Gasteiger partial charge in [0, 0.05) is 24.9 Å². The molecule has 2 N–H and O–H groups in total. The fourth-order valence-electron chi connectivity index (χ4n) is 3.54. The number of benzene rings is 1. The topological polar surface area (TPSA) is 104 Å². The van der Waals surface area contributed by atoms with Crippen LogP contribution in [0.25, 0.3) is 0 Å². The second-order valence-corrected chi connectivity index (χ2v) is 6.85. The van der Waals surface area contributed by atoms with Crippen molar-refractivity contribution in [1.82, 2.24) is 10.2 Å². The lowest BCUT2D eigenvalue weighted by Gasteiger charge is -2.29. The molecule has 1 aromatic rings. The van der Waals surface area contributed by atoms with Gasteiger partial charge in [-0.25, -0.2) is 0 Å². The van der Waals surface area contributed by atoms with E-state index in [1.54, 1.807) is 4.90 Å². The third-order valence-corrected chi connectivity index (χ3v) is 4.95. The second-order valence-electron chi connectivity index (χ2n) is 6.85. The number of nitrogens with zero attached hydrogens (tertiary/aromatic N) is 1. The van der Waals surface area contributed by atoms with E-state index in [0.717, 1.165) is 30.4 Å². The smallest absolute Gasteiger partial charge is 0.303 e. The minimum atomic E-state index is -0.776. The van der Waals surface area contributed by atoms with E-state index in [1.165, 1.54) is 0 Å². The molecule has 3 amide bonds. The molecule has 3 rings (SSSR count). The first kappa shape index (κ1) is 18.1. The molecule has 1 unspecified atom stereocenters. The molecular formula is C19H22N2O5. The Labute approximate surface area is 151 Å². The van der Waals surface area contributed by atoms with Gasteiger partial charge in [-0.3, -0.25) is 24.5 Å². The maximum absolute atomic E-state index is 12.7. The number of unbranched alkanes of at least 4 members (excludes halogenated alkanes) is 2. The molecule has 1 atom stereocenters. The Kier molecular flexibility index (Phi) is 5.35. The van der Waals surface area contributed by atoms with Crippen LogP contribution in [0, 0.1) is 0 Å². The first-order chi connectivity index (χ1) is 12.5. The van der Waals surface area contributed by atoms with Crippen molar-refractivity contribution in [3.63, 3.8) is 0 Å². The number of nitrogens with one attached hydrogen (secondary N) is 1. The van der Waals surface area contributed by atoms with E-state index in [4.69, 9.17) is 5.11 Å². The average Bonchev–Trinajstić information content (AvgIpc) is 2.91. The molecule has 0 saturated carbocycles. The molecule has 1 saturated heterocycles. The predicted octanol–water partition coefficient (Wildman–Crippen LogP) is 1.64. The minimum Gasteiger partial charge on any atom is -0.481 e. The van der Waals surface area contributed by atoms with Crippen LogP contribution in [0.4, 0.5) is 0 Å². The lowest BCUT2D eigenvalue weighted by atomic mass is 10.0. The Morgan fingerprint density at radius 3 is 2.73 bits per heavy atom. The highest BCUT2D eigenvalue weighted by Crippen LogP contribution is 2.28. The van der Waals surface area contributed by atoms with Crippen LogP contribution in [0.3, 0.4) is 0 Å². The van der Waals surface area contributed by atoms with Crippen LogP contribution in [0.2, 0.25) is 0 Å². The standard InChI is InChI=1S/C19H22N2O5/c22-16-9-8-15(18(25)20-16)21-11-13-7-6-12(10-14(13)19(21)26)4-2-1-3-5-17(23)24/h6-7,10,15H,1-5,8-9,11H2,(H,23,24)(H,20,22,25). The molecule has 7 heteroatoms. The SMILES string of the molecule is O=C(O)CCCCCc1ccc2c(c1)C(=O)N(C1CCC(=O)NC1=O)C2. The van der Waals surface area contributed by atoms with Crippen molar-refractivity contribution in [3.05, 3.63) is 34.9 Å². The van der Waals surface area contributed by atoms with Gasteiger partial charge in [-0.1, -0.05) is 18.6 Å². The van der Waals surface area contributed by atoms with Crippen molar-refractivity contribution in [1.29, 1.82) is 0 Å². The normalized spacial score (nSPS) is 19.5. The summed E-state index contributed by atoms with van der Waals surface area (Å²) in [4.78, 5) is 48.1. The lowest BCUT2D eigenvalue weighted by molar-refractivity contribution is -0.138. The molecule has 2 aliphatic heterocycles. The number of rotatable bonds is 7. The third kappa shape index (κ3) is 3.92. The predicted molar refractivity (Wildman–Crippen MR) is 92.3 cm³/mol. The van der Waals surface area contributed by atoms with E-state index in [9.17, 15) is 19.2 Å². The molecule has 7 nitrogen and oxygen atoms in total. The minimum absolute atomic E-state index is 0.165. The molecule has 26 heavy (non-hydrogen) atoms. The summed E-state index contributed by atoms with van der Waals surface area (Å²) in [6.45, 7) is 0.388. The number of hydrogen-bond acceptors (Lipinski definition) is 4. The number of aryl methyl sites for hydroxylation is 1. The molecule has 2 heterocycles. The summed E-state index contributed by atoms with van der Waals surface area (Å²) in [6, 6.07) is 5.19. The van der Waals surface area contributed by atoms with Crippen LogP contribution in [0.5, 0.6) is 0 Å². The lowest BCUT2D eigenvalue weighted by Crippen LogP contribution is -2.52. The summed E-state index contributed by atoms with van der Waals surface area (Å²) >= 11 is 0. The number of fused-ring (bicyclic) bond motifs is 1. The number of carboxylic acids is 1. The van der Waals surface area contributed by atoms with Gasteiger partial charge in [0.1, 0.15) is 6.04 Å². The Bertz CT molecular complexity index is 758. The average molecular weight is 358 g/mol. The summed E-state index contributed by atoms with van der Waals surface area (Å²) in [5, 5.41) is 10.9. The molecular weight excluding hydrogens is 336 g/mol. The van der Waals surface area contributed by atoms with Gasteiger partial charge >= 0.3 is 5.97 Å². The van der Waals surface area contributed by atoms with Crippen LogP contribution >= 0.6 is 0 Å². The van der Waals surface area contributed by atoms with Gasteiger partial charge in [-0.15, -0.1) is 0 Å². The van der Waals surface area contributed by atoms with Crippen molar-refractivity contribution in [2.24, 2.45) is 0 Å². The molecule has 0 spiro atoms. The van der Waals surface area contributed by atoms with Crippen LogP contribution in [0.15, 0.2) is 18.2 Å². The van der Waals surface area contributed by atoms with Crippen LogP contribution in [-0.2, 0) is 27.3 Å². The monoisotopic (exact) mass is 358 g/mol. The summed E-state index contributed by atoms with van der Waals surface area (Å²) in [5.41, 5.74) is 2.56. The maximum Gasteiger partial charge on any atom is 0.303 e. The van der Waals surface area contributed by atoms with Crippen molar-refractivity contribution >= 4 is 23.7 Å². The fraction of sp³-hybridized carbons (Fsp3) is 0.474. The first-order valence-corrected chi connectivity index (χ1v) is 8.94. The Morgan fingerprint density at radius 2 is 2.00 bits per heavy atom. The maximum atomic E-state index is 12.7. The molecule has 1 aromatic carbocycles. The molecule has 0 bridgehead atoms. The highest BCUT2D eigenvalue weighted by molar-refractivity contribution is 6.05. The zero-order valence-corrected chi connectivity index (χ0v) is 14.5. The number of piperidine rings is 1. The van der Waals surface area contributed by atoms with Crippen LogP contribution in [0.1, 0.15) is 60.0 Å². The number of carbonyl (C=O) groups is 4. The third-order valence-electron chi connectivity index (χ3n) is 4.95. The Hall–Kier alpha value is -2.70. The van der Waals surface area contributed by atoms with E-state index in [0.29, 0.717) is 24.9 Å². The van der Waals surface area contributed by atoms with E-state index < -0.39 is 17.9 Å². The van der Waals surface area contributed by atoms with Crippen LogP contribution in [-0.4, -0.2) is 39.7 Å². The largest absolute Gasteiger partial charge is 0.481 e. The summed E-state index contributed by atoms with van der Waals surface area (Å²) in [6.07, 6.45) is 3.94. The molecule has 1 fully saturated rings. The molecule has 2 aliphatic rings. The number of carbonyl (C=O) groups excluding carboxylic acids is 3. The second kappa shape index (κ2) is 7.68. The van der Waals surface area contributed by atoms with Crippen molar-refractivity contribution < 1.29 is 24.3 Å². The van der Waals surface area contributed by atoms with E-state index in [1.807, 2.05) is 18.2 Å². The highest BCUT2D eigenvalue weighted by Gasteiger charge is 2.38. The zero-order chi connectivity index (χ0) is 18.7. The van der Waals surface area contributed by atoms with E-state index >= 15 is 0 Å². The quantitative estimate of drug-likeness (QED) is 0.570. The Balaban J connectivity index is 1.61. The zero-order valence-electron chi connectivity index (χ0n) is 14.5.